The molecule has 1 amide bonds. The van der Waals surface area contributed by atoms with Gasteiger partial charge in [0.15, 0.2) is 6.10 Å². The summed E-state index contributed by atoms with van der Waals surface area (Å²) < 4.78 is 6.55. The summed E-state index contributed by atoms with van der Waals surface area (Å²) >= 11 is 0. The molecule has 0 spiro atoms. The number of nitrogens with one attached hydrogen (secondary N) is 1. The number of hydrogen-bond donors (Lipinski definition) is 2. The third kappa shape index (κ3) is 3.92. The summed E-state index contributed by atoms with van der Waals surface area (Å²) in [5, 5.41) is 13.2. The Morgan fingerprint density at radius 1 is 1.12 bits per heavy atom. The number of aliphatic hydroxyl groups excluding tert-OH is 1. The molecule has 0 bridgehead atoms. The Bertz CT molecular complexity index is 915. The average Bonchev–Trinajstić information content (AvgIpc) is 3.08. The molecule has 1 heterocycles. The average molecular weight is 352 g/mol. The normalized spacial score (nSPS) is 11.9. The first-order valence-corrected chi connectivity index (χ1v) is 8.25. The zero-order valence-corrected chi connectivity index (χ0v) is 14.4. The highest BCUT2D eigenvalue weighted by Crippen LogP contribution is 2.17. The lowest BCUT2D eigenvalue weighted by molar-refractivity contribution is -0.149. The molecular formula is C20H20N2O4. The number of carbonyl (C=O) groups is 2. The van der Waals surface area contributed by atoms with Crippen LogP contribution in [0.25, 0.3) is 10.9 Å². The van der Waals surface area contributed by atoms with Crippen molar-refractivity contribution in [3.8, 4) is 0 Å². The highest BCUT2D eigenvalue weighted by atomic mass is 16.5. The highest BCUT2D eigenvalue weighted by Gasteiger charge is 2.16. The lowest BCUT2D eigenvalue weighted by Gasteiger charge is -2.10. The monoisotopic (exact) mass is 352 g/mol. The number of amides is 1. The minimum absolute atomic E-state index is 0.192. The number of aliphatic hydroxyl groups is 1. The van der Waals surface area contributed by atoms with E-state index in [-0.39, 0.29) is 12.5 Å². The van der Waals surface area contributed by atoms with E-state index in [0.717, 1.165) is 11.1 Å². The van der Waals surface area contributed by atoms with Crippen LogP contribution in [-0.2, 0) is 16.1 Å². The Kier molecular flexibility index (Phi) is 5.34. The van der Waals surface area contributed by atoms with Crippen LogP contribution < -0.4 is 5.32 Å². The molecule has 0 saturated carbocycles. The van der Waals surface area contributed by atoms with E-state index in [4.69, 9.17) is 0 Å². The third-order valence-corrected chi connectivity index (χ3v) is 4.18. The summed E-state index contributed by atoms with van der Waals surface area (Å²) in [4.78, 5) is 23.2. The van der Waals surface area contributed by atoms with Gasteiger partial charge in [0, 0.05) is 23.8 Å². The second-order valence-electron chi connectivity index (χ2n) is 5.95. The second kappa shape index (κ2) is 7.84. The van der Waals surface area contributed by atoms with Crippen LogP contribution in [0.15, 0.2) is 60.8 Å². The first-order valence-electron chi connectivity index (χ1n) is 8.25. The van der Waals surface area contributed by atoms with Crippen molar-refractivity contribution in [1.29, 1.82) is 0 Å². The Morgan fingerprint density at radius 2 is 1.85 bits per heavy atom. The fourth-order valence-corrected chi connectivity index (χ4v) is 2.75. The van der Waals surface area contributed by atoms with Crippen molar-refractivity contribution in [3.05, 3.63) is 71.9 Å². The number of carbonyl (C=O) groups excluding carboxylic acids is 2. The Balaban J connectivity index is 1.63. The highest BCUT2D eigenvalue weighted by molar-refractivity contribution is 5.94. The molecule has 6 heteroatoms. The van der Waals surface area contributed by atoms with E-state index in [2.05, 4.69) is 32.8 Å². The van der Waals surface area contributed by atoms with Crippen LogP contribution in [0.5, 0.6) is 0 Å². The third-order valence-electron chi connectivity index (χ3n) is 4.18. The number of esters is 1. The van der Waals surface area contributed by atoms with Gasteiger partial charge in [-0.1, -0.05) is 30.3 Å². The Morgan fingerprint density at radius 3 is 2.58 bits per heavy atom. The molecule has 0 aliphatic rings. The van der Waals surface area contributed by atoms with E-state index in [0.29, 0.717) is 12.1 Å². The number of hydrogen-bond acceptors (Lipinski definition) is 4. The van der Waals surface area contributed by atoms with Crippen LogP contribution in [0.1, 0.15) is 15.9 Å². The molecule has 2 aromatic carbocycles. The van der Waals surface area contributed by atoms with Gasteiger partial charge < -0.3 is 19.7 Å². The van der Waals surface area contributed by atoms with Crippen LogP contribution in [0.4, 0.5) is 0 Å². The van der Waals surface area contributed by atoms with Gasteiger partial charge in [-0.2, -0.15) is 0 Å². The van der Waals surface area contributed by atoms with Gasteiger partial charge in [0.05, 0.1) is 13.7 Å². The summed E-state index contributed by atoms with van der Waals surface area (Å²) in [6, 6.07) is 17.5. The molecular weight excluding hydrogens is 332 g/mol. The summed E-state index contributed by atoms with van der Waals surface area (Å²) in [6.07, 6.45) is 0.671. The summed E-state index contributed by atoms with van der Waals surface area (Å²) in [5.74, 6) is -1.13. The first kappa shape index (κ1) is 17.7. The fraction of sp³-hybridized carbons (Fsp3) is 0.200. The molecule has 0 saturated heterocycles. The molecule has 0 radical (unpaired) electrons. The van der Waals surface area contributed by atoms with Crippen molar-refractivity contribution >= 4 is 22.8 Å². The lowest BCUT2D eigenvalue weighted by Crippen LogP contribution is -2.37. The predicted molar refractivity (Wildman–Crippen MR) is 97.8 cm³/mol. The van der Waals surface area contributed by atoms with E-state index < -0.39 is 12.1 Å². The van der Waals surface area contributed by atoms with Crippen molar-refractivity contribution in [2.45, 2.75) is 12.6 Å². The van der Waals surface area contributed by atoms with E-state index in [1.165, 1.54) is 12.5 Å². The number of fused-ring (bicyclic) bond motifs is 1. The van der Waals surface area contributed by atoms with Crippen molar-refractivity contribution in [2.75, 3.05) is 13.7 Å². The molecule has 134 valence electrons. The number of nitrogens with zero attached hydrogens (tertiary/aromatic N) is 1. The smallest absolute Gasteiger partial charge is 0.336 e. The number of para-hydroxylation sites is 1. The minimum atomic E-state index is -1.37. The maximum absolute atomic E-state index is 12.1. The molecule has 3 rings (SSSR count). The van der Waals surface area contributed by atoms with Crippen LogP contribution in [0.2, 0.25) is 0 Å². The Hall–Kier alpha value is -3.12. The fourth-order valence-electron chi connectivity index (χ4n) is 2.75. The standard InChI is InChI=1S/C20H20N2O4/c1-26-20(25)18(23)12-21-19(24)16-8-6-14(7-9-16)13-22-11-10-15-4-2-3-5-17(15)22/h2-11,18,23H,12-13H2,1H3,(H,21,24). The molecule has 1 aromatic heterocycles. The second-order valence-corrected chi connectivity index (χ2v) is 5.95. The van der Waals surface area contributed by atoms with Crippen LogP contribution >= 0.6 is 0 Å². The molecule has 26 heavy (non-hydrogen) atoms. The first-order chi connectivity index (χ1) is 12.6. The number of ether oxygens (including phenoxy) is 1. The summed E-state index contributed by atoms with van der Waals surface area (Å²) in [7, 11) is 1.18. The molecule has 0 aliphatic heterocycles. The quantitative estimate of drug-likeness (QED) is 0.665. The van der Waals surface area contributed by atoms with E-state index in [1.54, 1.807) is 12.1 Å². The molecule has 1 atom stereocenters. The summed E-state index contributed by atoms with van der Waals surface area (Å²) in [5.41, 5.74) is 2.69. The van der Waals surface area contributed by atoms with E-state index >= 15 is 0 Å². The largest absolute Gasteiger partial charge is 0.467 e. The molecule has 0 fully saturated rings. The maximum atomic E-state index is 12.1. The van der Waals surface area contributed by atoms with Crippen LogP contribution in [0, 0.1) is 0 Å². The van der Waals surface area contributed by atoms with Gasteiger partial charge in [-0.05, 0) is 35.2 Å². The minimum Gasteiger partial charge on any atom is -0.467 e. The lowest BCUT2D eigenvalue weighted by atomic mass is 10.1. The number of rotatable bonds is 6. The van der Waals surface area contributed by atoms with Crippen LogP contribution in [0.3, 0.4) is 0 Å². The van der Waals surface area contributed by atoms with Crippen LogP contribution in [-0.4, -0.2) is 41.3 Å². The number of aromatic nitrogens is 1. The number of benzene rings is 2. The molecule has 3 aromatic rings. The molecule has 2 N–H and O–H groups in total. The van der Waals surface area contributed by atoms with Crippen molar-refractivity contribution in [1.82, 2.24) is 9.88 Å². The van der Waals surface area contributed by atoms with Crippen molar-refractivity contribution < 1.29 is 19.4 Å². The van der Waals surface area contributed by atoms with Crippen molar-refractivity contribution in [2.24, 2.45) is 0 Å². The molecule has 1 unspecified atom stereocenters. The van der Waals surface area contributed by atoms with Gasteiger partial charge in [0.1, 0.15) is 0 Å². The van der Waals surface area contributed by atoms with Gasteiger partial charge in [-0.15, -0.1) is 0 Å². The zero-order valence-electron chi connectivity index (χ0n) is 14.4. The van der Waals surface area contributed by atoms with E-state index in [9.17, 15) is 14.7 Å². The predicted octanol–water partition coefficient (Wildman–Crippen LogP) is 1.95. The maximum Gasteiger partial charge on any atom is 0.336 e. The van der Waals surface area contributed by atoms with Gasteiger partial charge in [0.25, 0.3) is 5.91 Å². The van der Waals surface area contributed by atoms with Gasteiger partial charge in [-0.3, -0.25) is 4.79 Å². The number of methoxy groups -OCH3 is 1. The van der Waals surface area contributed by atoms with E-state index in [1.807, 2.05) is 30.5 Å². The topological polar surface area (TPSA) is 80.6 Å². The molecule has 0 aliphatic carbocycles. The molecule has 6 nitrogen and oxygen atoms in total. The zero-order chi connectivity index (χ0) is 18.5. The summed E-state index contributed by atoms with van der Waals surface area (Å²) in [6.45, 7) is 0.513. The van der Waals surface area contributed by atoms with Gasteiger partial charge >= 0.3 is 5.97 Å². The van der Waals surface area contributed by atoms with Gasteiger partial charge in [-0.25, -0.2) is 4.79 Å². The van der Waals surface area contributed by atoms with Crippen molar-refractivity contribution in [3.63, 3.8) is 0 Å². The SMILES string of the molecule is COC(=O)C(O)CNC(=O)c1ccc(Cn2ccc3ccccc32)cc1. The van der Waals surface area contributed by atoms with Gasteiger partial charge in [0.2, 0.25) is 0 Å². The Labute approximate surface area is 151 Å².